The standard InChI is InChI=1S/C11H15N3O3/c12-5-8(6-1-2-6)13-11(17)7-3-9(15)14-10(16)4-7/h3-4,6,8H,1-2,5,12H2,(H,13,17)(H2,14,15,16). The molecule has 1 aliphatic carbocycles. The van der Waals surface area contributed by atoms with Crippen molar-refractivity contribution in [2.75, 3.05) is 6.54 Å². The van der Waals surface area contributed by atoms with Crippen LogP contribution < -0.4 is 16.6 Å². The summed E-state index contributed by atoms with van der Waals surface area (Å²) in [6.07, 6.45) is 2.14. The van der Waals surface area contributed by atoms with Gasteiger partial charge in [-0.1, -0.05) is 0 Å². The zero-order valence-electron chi connectivity index (χ0n) is 9.27. The Bertz CT molecular complexity index is 479. The van der Waals surface area contributed by atoms with E-state index < -0.39 is 5.56 Å². The lowest BCUT2D eigenvalue weighted by Gasteiger charge is -2.15. The Morgan fingerprint density at radius 3 is 2.82 bits per heavy atom. The molecule has 1 heterocycles. The fraction of sp³-hybridized carbons (Fsp3) is 0.455. The molecular weight excluding hydrogens is 222 g/mol. The topological polar surface area (TPSA) is 108 Å². The average molecular weight is 237 g/mol. The summed E-state index contributed by atoms with van der Waals surface area (Å²) in [6, 6.07) is 2.32. The Hall–Kier alpha value is -1.82. The third-order valence-electron chi connectivity index (χ3n) is 2.85. The van der Waals surface area contributed by atoms with Gasteiger partial charge in [0.15, 0.2) is 5.88 Å². The van der Waals surface area contributed by atoms with Gasteiger partial charge in [0.1, 0.15) is 0 Å². The highest BCUT2D eigenvalue weighted by atomic mass is 16.3. The van der Waals surface area contributed by atoms with Crippen molar-refractivity contribution in [3.05, 3.63) is 28.0 Å². The maximum Gasteiger partial charge on any atom is 0.251 e. The first-order valence-electron chi connectivity index (χ1n) is 5.54. The first-order chi connectivity index (χ1) is 8.10. The van der Waals surface area contributed by atoms with E-state index in [1.165, 1.54) is 6.07 Å². The molecule has 0 aromatic carbocycles. The van der Waals surface area contributed by atoms with Crippen LogP contribution in [0.1, 0.15) is 23.2 Å². The highest BCUT2D eigenvalue weighted by molar-refractivity contribution is 5.94. The zero-order chi connectivity index (χ0) is 12.4. The second-order valence-corrected chi connectivity index (χ2v) is 4.27. The van der Waals surface area contributed by atoms with Crippen LogP contribution in [0.3, 0.4) is 0 Å². The van der Waals surface area contributed by atoms with E-state index in [2.05, 4.69) is 10.3 Å². The first-order valence-corrected chi connectivity index (χ1v) is 5.54. The van der Waals surface area contributed by atoms with Gasteiger partial charge in [0.05, 0.1) is 5.56 Å². The van der Waals surface area contributed by atoms with E-state index in [1.807, 2.05) is 0 Å². The van der Waals surface area contributed by atoms with Gasteiger partial charge in [-0.05, 0) is 18.8 Å². The molecule has 2 rings (SSSR count). The second kappa shape index (κ2) is 4.58. The minimum Gasteiger partial charge on any atom is -0.494 e. The number of nitrogens with one attached hydrogen (secondary N) is 2. The maximum absolute atomic E-state index is 11.8. The molecule has 1 saturated carbocycles. The number of carbonyl (C=O) groups excluding carboxylic acids is 1. The Labute approximate surface area is 97.8 Å². The summed E-state index contributed by atoms with van der Waals surface area (Å²) in [5, 5.41) is 12.0. The summed E-state index contributed by atoms with van der Waals surface area (Å²) in [6.45, 7) is 0.381. The number of aromatic amines is 1. The van der Waals surface area contributed by atoms with Crippen LogP contribution in [0.25, 0.3) is 0 Å². The van der Waals surface area contributed by atoms with E-state index in [9.17, 15) is 14.7 Å². The Morgan fingerprint density at radius 1 is 1.59 bits per heavy atom. The summed E-state index contributed by atoms with van der Waals surface area (Å²) in [5.41, 5.74) is 5.20. The lowest BCUT2D eigenvalue weighted by molar-refractivity contribution is 0.0932. The number of amides is 1. The number of carbonyl (C=O) groups is 1. The molecule has 1 aromatic heterocycles. The van der Waals surface area contributed by atoms with Crippen molar-refractivity contribution in [1.82, 2.24) is 10.3 Å². The van der Waals surface area contributed by atoms with Crippen molar-refractivity contribution in [3.8, 4) is 5.88 Å². The molecule has 1 amide bonds. The molecule has 0 bridgehead atoms. The molecule has 0 spiro atoms. The van der Waals surface area contributed by atoms with Gasteiger partial charge in [-0.2, -0.15) is 0 Å². The molecular formula is C11H15N3O3. The van der Waals surface area contributed by atoms with Crippen LogP contribution in [-0.2, 0) is 0 Å². The third kappa shape index (κ3) is 2.85. The third-order valence-corrected chi connectivity index (χ3v) is 2.85. The molecule has 0 saturated heterocycles. The van der Waals surface area contributed by atoms with Gasteiger partial charge < -0.3 is 16.2 Å². The number of aromatic hydroxyl groups is 1. The van der Waals surface area contributed by atoms with E-state index in [4.69, 9.17) is 5.73 Å². The van der Waals surface area contributed by atoms with Gasteiger partial charge in [0.25, 0.3) is 11.5 Å². The van der Waals surface area contributed by atoms with Crippen molar-refractivity contribution in [3.63, 3.8) is 0 Å². The molecule has 92 valence electrons. The number of nitrogens with two attached hydrogens (primary N) is 1. The molecule has 1 aliphatic rings. The summed E-state index contributed by atoms with van der Waals surface area (Å²) in [4.78, 5) is 25.1. The summed E-state index contributed by atoms with van der Waals surface area (Å²) < 4.78 is 0. The largest absolute Gasteiger partial charge is 0.494 e. The van der Waals surface area contributed by atoms with Crippen molar-refractivity contribution >= 4 is 5.91 Å². The quantitative estimate of drug-likeness (QED) is 0.568. The Balaban J connectivity index is 2.10. The SMILES string of the molecule is NCC(NC(=O)c1cc(O)[nH]c(=O)c1)C1CC1. The minimum atomic E-state index is -0.508. The van der Waals surface area contributed by atoms with Crippen LogP contribution in [0.2, 0.25) is 0 Å². The highest BCUT2D eigenvalue weighted by Crippen LogP contribution is 2.32. The summed E-state index contributed by atoms with van der Waals surface area (Å²) in [5.74, 6) is -0.258. The lowest BCUT2D eigenvalue weighted by atomic mass is 10.1. The van der Waals surface area contributed by atoms with Crippen molar-refractivity contribution in [1.29, 1.82) is 0 Å². The Kier molecular flexibility index (Phi) is 3.14. The van der Waals surface area contributed by atoms with Crippen molar-refractivity contribution in [2.24, 2.45) is 11.7 Å². The number of rotatable bonds is 4. The van der Waals surface area contributed by atoms with Gasteiger partial charge in [-0.25, -0.2) is 0 Å². The molecule has 1 atom stereocenters. The highest BCUT2D eigenvalue weighted by Gasteiger charge is 2.31. The fourth-order valence-electron chi connectivity index (χ4n) is 1.78. The first kappa shape index (κ1) is 11.7. The van der Waals surface area contributed by atoms with Crippen LogP contribution in [0.4, 0.5) is 0 Å². The van der Waals surface area contributed by atoms with Crippen LogP contribution in [0, 0.1) is 5.92 Å². The number of hydrogen-bond donors (Lipinski definition) is 4. The number of hydrogen-bond acceptors (Lipinski definition) is 4. The van der Waals surface area contributed by atoms with E-state index in [0.29, 0.717) is 12.5 Å². The lowest BCUT2D eigenvalue weighted by Crippen LogP contribution is -2.41. The number of aromatic nitrogens is 1. The van der Waals surface area contributed by atoms with E-state index in [0.717, 1.165) is 18.9 Å². The predicted octanol–water partition coefficient (Wildman–Crippen LogP) is -0.452. The van der Waals surface area contributed by atoms with Gasteiger partial charge in [-0.15, -0.1) is 0 Å². The van der Waals surface area contributed by atoms with Gasteiger partial charge >= 0.3 is 0 Å². The molecule has 6 heteroatoms. The second-order valence-electron chi connectivity index (χ2n) is 4.27. The van der Waals surface area contributed by atoms with Gasteiger partial charge in [-0.3, -0.25) is 14.6 Å². The summed E-state index contributed by atoms with van der Waals surface area (Å²) >= 11 is 0. The molecule has 1 aromatic rings. The molecule has 17 heavy (non-hydrogen) atoms. The maximum atomic E-state index is 11.8. The van der Waals surface area contributed by atoms with Gasteiger partial charge in [0.2, 0.25) is 0 Å². The molecule has 0 aliphatic heterocycles. The molecule has 5 N–H and O–H groups in total. The Morgan fingerprint density at radius 2 is 2.29 bits per heavy atom. The molecule has 6 nitrogen and oxygen atoms in total. The summed E-state index contributed by atoms with van der Waals surface area (Å²) in [7, 11) is 0. The van der Waals surface area contributed by atoms with Crippen molar-refractivity contribution < 1.29 is 9.90 Å². The smallest absolute Gasteiger partial charge is 0.251 e. The van der Waals surface area contributed by atoms with E-state index >= 15 is 0 Å². The molecule has 0 radical (unpaired) electrons. The van der Waals surface area contributed by atoms with E-state index in [1.54, 1.807) is 0 Å². The van der Waals surface area contributed by atoms with Crippen LogP contribution in [-0.4, -0.2) is 28.6 Å². The minimum absolute atomic E-state index is 0.0519. The number of pyridine rings is 1. The average Bonchev–Trinajstić information content (AvgIpc) is 3.08. The van der Waals surface area contributed by atoms with Crippen molar-refractivity contribution in [2.45, 2.75) is 18.9 Å². The molecule has 1 unspecified atom stereocenters. The normalized spacial score (nSPS) is 16.5. The predicted molar refractivity (Wildman–Crippen MR) is 61.8 cm³/mol. The monoisotopic (exact) mass is 237 g/mol. The van der Waals surface area contributed by atoms with Crippen LogP contribution in [0.5, 0.6) is 5.88 Å². The van der Waals surface area contributed by atoms with E-state index in [-0.39, 0.29) is 23.4 Å². The van der Waals surface area contributed by atoms with Crippen LogP contribution in [0.15, 0.2) is 16.9 Å². The zero-order valence-corrected chi connectivity index (χ0v) is 9.27. The number of H-pyrrole nitrogens is 1. The fourth-order valence-corrected chi connectivity index (χ4v) is 1.78. The molecule has 1 fully saturated rings. The van der Waals surface area contributed by atoms with Gasteiger partial charge in [0, 0.05) is 24.7 Å². The van der Waals surface area contributed by atoms with Crippen LogP contribution >= 0.6 is 0 Å².